The summed E-state index contributed by atoms with van der Waals surface area (Å²) in [6, 6.07) is 24.7. The van der Waals surface area contributed by atoms with Crippen molar-refractivity contribution in [3.63, 3.8) is 0 Å². The van der Waals surface area contributed by atoms with Crippen LogP contribution >= 0.6 is 12.4 Å². The van der Waals surface area contributed by atoms with Gasteiger partial charge in [-0.2, -0.15) is 0 Å². The van der Waals surface area contributed by atoms with Crippen molar-refractivity contribution in [1.29, 1.82) is 0 Å². The molecule has 0 saturated heterocycles. The maximum atomic E-state index is 4.72. The molecule has 0 radical (unpaired) electrons. The van der Waals surface area contributed by atoms with E-state index in [1.54, 1.807) is 14.1 Å². The number of halogens is 1. The van der Waals surface area contributed by atoms with Crippen molar-refractivity contribution >= 4 is 47.1 Å². The van der Waals surface area contributed by atoms with Crippen LogP contribution in [0.4, 0.5) is 11.4 Å². The van der Waals surface area contributed by atoms with Crippen LogP contribution in [0.3, 0.4) is 0 Å². The first-order chi connectivity index (χ1) is 19.6. The molecule has 0 unspecified atom stereocenters. The van der Waals surface area contributed by atoms with Gasteiger partial charge in [-0.25, -0.2) is 0 Å². The third kappa shape index (κ3) is 9.46. The zero-order chi connectivity index (χ0) is 28.7. The summed E-state index contributed by atoms with van der Waals surface area (Å²) in [4.78, 5) is 18.1. The molecule has 0 fully saturated rings. The Morgan fingerprint density at radius 2 is 0.780 bits per heavy atom. The molecule has 218 valence electrons. The van der Waals surface area contributed by atoms with Crippen LogP contribution in [0.25, 0.3) is 0 Å². The van der Waals surface area contributed by atoms with E-state index in [-0.39, 0.29) is 12.4 Å². The molecule has 3 aromatic carbocycles. The summed E-state index contributed by atoms with van der Waals surface area (Å²) in [5, 5.41) is 13.5. The van der Waals surface area contributed by atoms with E-state index in [1.165, 1.54) is 0 Å². The van der Waals surface area contributed by atoms with Crippen LogP contribution in [-0.2, 0) is 0 Å². The van der Waals surface area contributed by atoms with Gasteiger partial charge in [0, 0.05) is 73.9 Å². The number of nitrogens with one attached hydrogen (secondary N) is 4. The molecule has 0 spiro atoms. The second kappa shape index (κ2) is 17.5. The second-order valence-corrected chi connectivity index (χ2v) is 8.83. The van der Waals surface area contributed by atoms with Crippen LogP contribution in [0.1, 0.15) is 49.9 Å². The summed E-state index contributed by atoms with van der Waals surface area (Å²) in [6.45, 7) is 11.2. The van der Waals surface area contributed by atoms with Crippen molar-refractivity contribution in [1.82, 2.24) is 10.6 Å². The van der Waals surface area contributed by atoms with Gasteiger partial charge in [0.15, 0.2) is 0 Å². The SMILES string of the molecule is CCN=C(Nc1ccc(C(=NC)NCC)cc1)c1ccc(C(=NCC)Nc2ccc(C(=NC)NCC)cc2)cc1.Cl. The van der Waals surface area contributed by atoms with E-state index in [4.69, 9.17) is 9.98 Å². The third-order valence-electron chi connectivity index (χ3n) is 6.04. The summed E-state index contributed by atoms with van der Waals surface area (Å²) in [6.07, 6.45) is 0. The summed E-state index contributed by atoms with van der Waals surface area (Å²) in [7, 11) is 3.59. The highest BCUT2D eigenvalue weighted by Gasteiger charge is 2.09. The molecule has 0 aliphatic heterocycles. The number of hydrogen-bond donors (Lipinski definition) is 4. The van der Waals surface area contributed by atoms with Gasteiger partial charge in [-0.1, -0.05) is 24.3 Å². The summed E-state index contributed by atoms with van der Waals surface area (Å²) in [5.41, 5.74) is 6.05. The van der Waals surface area contributed by atoms with Gasteiger partial charge in [0.25, 0.3) is 0 Å². The molecule has 0 amide bonds. The van der Waals surface area contributed by atoms with E-state index in [2.05, 4.69) is 93.6 Å². The van der Waals surface area contributed by atoms with Gasteiger partial charge >= 0.3 is 0 Å². The molecular weight excluding hydrogens is 532 g/mol. The van der Waals surface area contributed by atoms with Crippen molar-refractivity contribution in [2.75, 3.05) is 50.9 Å². The monoisotopic (exact) mass is 574 g/mol. The van der Waals surface area contributed by atoms with E-state index in [1.807, 2.05) is 38.1 Å². The van der Waals surface area contributed by atoms with E-state index in [9.17, 15) is 0 Å². The maximum Gasteiger partial charge on any atom is 0.132 e. The highest BCUT2D eigenvalue weighted by molar-refractivity contribution is 6.11. The molecule has 0 atom stereocenters. The van der Waals surface area contributed by atoms with Crippen LogP contribution in [-0.4, -0.2) is 63.6 Å². The van der Waals surface area contributed by atoms with Crippen LogP contribution in [0, 0.1) is 0 Å². The minimum Gasteiger partial charge on any atom is -0.370 e. The normalized spacial score (nSPS) is 12.4. The molecule has 0 bridgehead atoms. The minimum atomic E-state index is 0. The lowest BCUT2D eigenvalue weighted by Crippen LogP contribution is -2.24. The molecule has 0 aromatic heterocycles. The van der Waals surface area contributed by atoms with Crippen molar-refractivity contribution in [3.05, 3.63) is 95.1 Å². The molecule has 3 aromatic rings. The smallest absolute Gasteiger partial charge is 0.132 e. The molecule has 41 heavy (non-hydrogen) atoms. The molecule has 0 heterocycles. The first kappa shape index (κ1) is 33.0. The Morgan fingerprint density at radius 3 is 1.05 bits per heavy atom. The second-order valence-electron chi connectivity index (χ2n) is 8.83. The molecule has 9 heteroatoms. The van der Waals surface area contributed by atoms with Crippen LogP contribution in [0.5, 0.6) is 0 Å². The van der Waals surface area contributed by atoms with Crippen molar-refractivity contribution < 1.29 is 0 Å². The third-order valence-corrected chi connectivity index (χ3v) is 6.04. The average Bonchev–Trinajstić information content (AvgIpc) is 2.99. The molecule has 0 aliphatic carbocycles. The predicted octanol–water partition coefficient (Wildman–Crippen LogP) is 5.84. The van der Waals surface area contributed by atoms with Crippen molar-refractivity contribution in [2.24, 2.45) is 20.0 Å². The van der Waals surface area contributed by atoms with Gasteiger partial charge < -0.3 is 21.3 Å². The fourth-order valence-electron chi connectivity index (χ4n) is 4.16. The first-order valence-corrected chi connectivity index (χ1v) is 13.9. The van der Waals surface area contributed by atoms with Crippen LogP contribution in [0.15, 0.2) is 92.8 Å². The first-order valence-electron chi connectivity index (χ1n) is 13.9. The zero-order valence-electron chi connectivity index (χ0n) is 25.0. The zero-order valence-corrected chi connectivity index (χ0v) is 25.8. The Balaban J connectivity index is 0.00000588. The predicted molar refractivity (Wildman–Crippen MR) is 180 cm³/mol. The number of nitrogens with zero attached hydrogens (tertiary/aromatic N) is 4. The number of amidine groups is 4. The molecule has 0 saturated carbocycles. The lowest BCUT2D eigenvalue weighted by atomic mass is 10.1. The molecule has 4 N–H and O–H groups in total. The Morgan fingerprint density at radius 1 is 0.488 bits per heavy atom. The summed E-state index contributed by atoms with van der Waals surface area (Å²) in [5.74, 6) is 3.41. The molecule has 3 rings (SSSR count). The van der Waals surface area contributed by atoms with Gasteiger partial charge in [0.1, 0.15) is 23.3 Å². The van der Waals surface area contributed by atoms with Gasteiger partial charge in [-0.15, -0.1) is 12.4 Å². The van der Waals surface area contributed by atoms with Crippen molar-refractivity contribution in [2.45, 2.75) is 27.7 Å². The number of rotatable bonds is 10. The maximum absolute atomic E-state index is 4.72. The van der Waals surface area contributed by atoms with E-state index in [0.29, 0.717) is 13.1 Å². The Kier molecular flexibility index (Phi) is 14.1. The van der Waals surface area contributed by atoms with Crippen LogP contribution < -0.4 is 21.3 Å². The number of anilines is 2. The lowest BCUT2D eigenvalue weighted by molar-refractivity contribution is 0.962. The highest BCUT2D eigenvalue weighted by atomic mass is 35.5. The standard InChI is InChI=1S/C32H42N8.ClH/c1-7-35-29(33-5)23-15-19-27(20-16-23)39-31(37-9-3)25-11-13-26(14-12-25)32(38-10-4)40-28-21-17-24(18-22-28)30(34-6)36-8-2;/h11-22H,7-10H2,1-6H3,(H,33,35)(H,34,36)(H,37,39)(H,38,40);1H. The lowest BCUT2D eigenvalue weighted by Gasteiger charge is -2.14. The van der Waals surface area contributed by atoms with Gasteiger partial charge in [-0.3, -0.25) is 20.0 Å². The minimum absolute atomic E-state index is 0. The van der Waals surface area contributed by atoms with E-state index < -0.39 is 0 Å². The summed E-state index contributed by atoms with van der Waals surface area (Å²) < 4.78 is 0. The fraction of sp³-hybridized carbons (Fsp3) is 0.312. The Hall–Kier alpha value is -4.17. The molecular formula is C32H43ClN8. The number of aliphatic imine (C=N–C) groups is 4. The number of benzene rings is 3. The summed E-state index contributed by atoms with van der Waals surface area (Å²) >= 11 is 0. The van der Waals surface area contributed by atoms with E-state index >= 15 is 0 Å². The van der Waals surface area contributed by atoms with E-state index in [0.717, 1.165) is 70.1 Å². The fourth-order valence-corrected chi connectivity index (χ4v) is 4.16. The van der Waals surface area contributed by atoms with Crippen molar-refractivity contribution in [3.8, 4) is 0 Å². The highest BCUT2D eigenvalue weighted by Crippen LogP contribution is 2.16. The van der Waals surface area contributed by atoms with Gasteiger partial charge in [-0.05, 0) is 76.2 Å². The van der Waals surface area contributed by atoms with Crippen LogP contribution in [0.2, 0.25) is 0 Å². The van der Waals surface area contributed by atoms with Gasteiger partial charge in [0.2, 0.25) is 0 Å². The number of hydrogen-bond acceptors (Lipinski definition) is 4. The largest absolute Gasteiger partial charge is 0.370 e. The molecule has 8 nitrogen and oxygen atoms in total. The quantitative estimate of drug-likeness (QED) is 0.181. The Labute approximate surface area is 251 Å². The topological polar surface area (TPSA) is 97.6 Å². The molecule has 0 aliphatic rings. The van der Waals surface area contributed by atoms with Gasteiger partial charge in [0.05, 0.1) is 0 Å². The Bertz CT molecular complexity index is 1220. The average molecular weight is 575 g/mol.